The first-order valence-corrected chi connectivity index (χ1v) is 7.30. The molecule has 2 aromatic carbocycles. The van der Waals surface area contributed by atoms with Gasteiger partial charge in [-0.25, -0.2) is 18.4 Å². The standard InChI is InChI=1S/C16H11F2N5O3/c1-9-19-15(16(24)20-14-7-2-10(17)8-13(14)18)21-22(9)11-3-5-12(6-4-11)23(25)26/h2-8H,1H3,(H,20,24). The van der Waals surface area contributed by atoms with Crippen molar-refractivity contribution < 1.29 is 18.5 Å². The highest BCUT2D eigenvalue weighted by Gasteiger charge is 2.17. The Morgan fingerprint density at radius 2 is 1.88 bits per heavy atom. The SMILES string of the molecule is Cc1nc(C(=O)Nc2ccc(F)cc2F)nn1-c1ccc([N+](=O)[O-])cc1. The fraction of sp³-hybridized carbons (Fsp3) is 0.0625. The Labute approximate surface area is 145 Å². The summed E-state index contributed by atoms with van der Waals surface area (Å²) in [5, 5.41) is 17.0. The molecular weight excluding hydrogens is 348 g/mol. The van der Waals surface area contributed by atoms with Crippen LogP contribution in [-0.4, -0.2) is 25.6 Å². The van der Waals surface area contributed by atoms with Crippen molar-refractivity contribution >= 4 is 17.3 Å². The average Bonchev–Trinajstić information content (AvgIpc) is 2.99. The van der Waals surface area contributed by atoms with Crippen LogP contribution in [0.25, 0.3) is 5.69 Å². The fourth-order valence-electron chi connectivity index (χ4n) is 2.22. The third kappa shape index (κ3) is 3.38. The summed E-state index contributed by atoms with van der Waals surface area (Å²) in [6.45, 7) is 1.59. The molecule has 3 rings (SSSR count). The first-order valence-electron chi connectivity index (χ1n) is 7.30. The smallest absolute Gasteiger partial charge is 0.295 e. The first kappa shape index (κ1) is 17.1. The van der Waals surface area contributed by atoms with Gasteiger partial charge in [-0.15, -0.1) is 5.10 Å². The second-order valence-electron chi connectivity index (χ2n) is 5.25. The minimum atomic E-state index is -0.926. The molecule has 132 valence electrons. The lowest BCUT2D eigenvalue weighted by Gasteiger charge is -2.04. The number of aryl methyl sites for hydroxylation is 1. The Balaban J connectivity index is 1.85. The maximum absolute atomic E-state index is 13.6. The molecule has 1 amide bonds. The van der Waals surface area contributed by atoms with E-state index in [-0.39, 0.29) is 17.2 Å². The molecular formula is C16H11F2N5O3. The van der Waals surface area contributed by atoms with E-state index in [1.54, 1.807) is 6.92 Å². The van der Waals surface area contributed by atoms with Gasteiger partial charge in [-0.3, -0.25) is 14.9 Å². The summed E-state index contributed by atoms with van der Waals surface area (Å²) in [4.78, 5) is 26.4. The number of rotatable bonds is 4. The normalized spacial score (nSPS) is 10.6. The lowest BCUT2D eigenvalue weighted by Crippen LogP contribution is -2.15. The summed E-state index contributed by atoms with van der Waals surface area (Å²) in [6, 6.07) is 8.25. The van der Waals surface area contributed by atoms with Gasteiger partial charge < -0.3 is 5.32 Å². The van der Waals surface area contributed by atoms with Gasteiger partial charge in [-0.05, 0) is 31.2 Å². The molecule has 1 heterocycles. The predicted molar refractivity (Wildman–Crippen MR) is 87.1 cm³/mol. The van der Waals surface area contributed by atoms with Crippen molar-refractivity contribution in [3.05, 3.63) is 75.9 Å². The van der Waals surface area contributed by atoms with Crippen molar-refractivity contribution in [3.8, 4) is 5.69 Å². The van der Waals surface area contributed by atoms with E-state index in [0.717, 1.165) is 12.1 Å². The quantitative estimate of drug-likeness (QED) is 0.570. The maximum Gasteiger partial charge on any atom is 0.295 e. The molecule has 0 saturated heterocycles. The number of carbonyl (C=O) groups excluding carboxylic acids is 1. The van der Waals surface area contributed by atoms with Crippen molar-refractivity contribution in [2.75, 3.05) is 5.32 Å². The fourth-order valence-corrected chi connectivity index (χ4v) is 2.22. The molecule has 1 aromatic heterocycles. The number of benzene rings is 2. The third-order valence-electron chi connectivity index (χ3n) is 3.46. The molecule has 0 saturated carbocycles. The predicted octanol–water partition coefficient (Wildman–Crippen LogP) is 3.01. The number of nitro benzene ring substituents is 1. The molecule has 0 aliphatic rings. The van der Waals surface area contributed by atoms with E-state index in [9.17, 15) is 23.7 Å². The highest BCUT2D eigenvalue weighted by molar-refractivity contribution is 6.01. The summed E-state index contributed by atoms with van der Waals surface area (Å²) in [6.07, 6.45) is 0. The Hall–Kier alpha value is -3.69. The highest BCUT2D eigenvalue weighted by atomic mass is 19.1. The van der Waals surface area contributed by atoms with E-state index in [1.165, 1.54) is 28.9 Å². The third-order valence-corrected chi connectivity index (χ3v) is 3.46. The molecule has 0 spiro atoms. The molecule has 1 N–H and O–H groups in total. The van der Waals surface area contributed by atoms with Crippen LogP contribution in [0.1, 0.15) is 16.4 Å². The van der Waals surface area contributed by atoms with Gasteiger partial charge >= 0.3 is 0 Å². The Bertz CT molecular complexity index is 1000. The van der Waals surface area contributed by atoms with Crippen LogP contribution < -0.4 is 5.32 Å². The number of hydrogen-bond donors (Lipinski definition) is 1. The second-order valence-corrected chi connectivity index (χ2v) is 5.25. The van der Waals surface area contributed by atoms with Crippen LogP contribution >= 0.6 is 0 Å². The van der Waals surface area contributed by atoms with Crippen LogP contribution in [-0.2, 0) is 0 Å². The molecule has 0 atom stereocenters. The number of nitrogens with one attached hydrogen (secondary N) is 1. The summed E-state index contributed by atoms with van der Waals surface area (Å²) in [5.74, 6) is -2.35. The Kier molecular flexibility index (Phi) is 4.40. The van der Waals surface area contributed by atoms with Gasteiger partial charge in [0, 0.05) is 18.2 Å². The molecule has 0 radical (unpaired) electrons. The number of non-ortho nitro benzene ring substituents is 1. The van der Waals surface area contributed by atoms with Crippen molar-refractivity contribution in [2.45, 2.75) is 6.92 Å². The largest absolute Gasteiger partial charge is 0.317 e. The van der Waals surface area contributed by atoms with E-state index in [2.05, 4.69) is 15.4 Å². The van der Waals surface area contributed by atoms with Crippen LogP contribution in [0.4, 0.5) is 20.2 Å². The van der Waals surface area contributed by atoms with Crippen LogP contribution in [0.3, 0.4) is 0 Å². The number of halogens is 2. The lowest BCUT2D eigenvalue weighted by molar-refractivity contribution is -0.384. The minimum Gasteiger partial charge on any atom is -0.317 e. The number of nitrogens with zero attached hydrogens (tertiary/aromatic N) is 4. The van der Waals surface area contributed by atoms with Gasteiger partial charge in [0.1, 0.15) is 17.5 Å². The second kappa shape index (κ2) is 6.67. The molecule has 0 fully saturated rings. The molecule has 0 bridgehead atoms. The number of aromatic nitrogens is 3. The zero-order valence-electron chi connectivity index (χ0n) is 13.3. The zero-order chi connectivity index (χ0) is 18.8. The van der Waals surface area contributed by atoms with E-state index >= 15 is 0 Å². The van der Waals surface area contributed by atoms with Gasteiger partial charge in [0.2, 0.25) is 5.82 Å². The molecule has 10 heteroatoms. The molecule has 0 aliphatic heterocycles. The van der Waals surface area contributed by atoms with Crippen LogP contribution in [0.2, 0.25) is 0 Å². The molecule has 0 unspecified atom stereocenters. The van der Waals surface area contributed by atoms with Crippen molar-refractivity contribution in [1.29, 1.82) is 0 Å². The van der Waals surface area contributed by atoms with Crippen molar-refractivity contribution in [1.82, 2.24) is 14.8 Å². The van der Waals surface area contributed by atoms with E-state index in [0.29, 0.717) is 17.6 Å². The van der Waals surface area contributed by atoms with E-state index < -0.39 is 22.5 Å². The number of hydrogen-bond acceptors (Lipinski definition) is 5. The number of amides is 1. The van der Waals surface area contributed by atoms with E-state index in [4.69, 9.17) is 0 Å². The Morgan fingerprint density at radius 3 is 2.50 bits per heavy atom. The lowest BCUT2D eigenvalue weighted by atomic mass is 10.3. The Morgan fingerprint density at radius 1 is 1.19 bits per heavy atom. The minimum absolute atomic E-state index is 0.0868. The first-order chi connectivity index (χ1) is 12.3. The topological polar surface area (TPSA) is 103 Å². The van der Waals surface area contributed by atoms with Crippen LogP contribution in [0.5, 0.6) is 0 Å². The number of nitro groups is 1. The van der Waals surface area contributed by atoms with Gasteiger partial charge in [0.05, 0.1) is 16.3 Å². The van der Waals surface area contributed by atoms with Crippen LogP contribution in [0.15, 0.2) is 42.5 Å². The molecule has 0 aliphatic carbocycles. The van der Waals surface area contributed by atoms with Crippen molar-refractivity contribution in [2.24, 2.45) is 0 Å². The summed E-state index contributed by atoms with van der Waals surface area (Å²) in [7, 11) is 0. The number of carbonyl (C=O) groups is 1. The number of anilines is 1. The van der Waals surface area contributed by atoms with Gasteiger partial charge in [-0.1, -0.05) is 0 Å². The van der Waals surface area contributed by atoms with Gasteiger partial charge in [0.15, 0.2) is 0 Å². The van der Waals surface area contributed by atoms with Gasteiger partial charge in [-0.2, -0.15) is 0 Å². The van der Waals surface area contributed by atoms with Gasteiger partial charge in [0.25, 0.3) is 11.6 Å². The van der Waals surface area contributed by atoms with Crippen LogP contribution in [0, 0.1) is 28.7 Å². The molecule has 3 aromatic rings. The molecule has 26 heavy (non-hydrogen) atoms. The zero-order valence-corrected chi connectivity index (χ0v) is 13.3. The highest BCUT2D eigenvalue weighted by Crippen LogP contribution is 2.18. The van der Waals surface area contributed by atoms with Crippen molar-refractivity contribution in [3.63, 3.8) is 0 Å². The average molecular weight is 359 g/mol. The maximum atomic E-state index is 13.6. The summed E-state index contributed by atoms with van der Waals surface area (Å²) >= 11 is 0. The summed E-state index contributed by atoms with van der Waals surface area (Å²) < 4.78 is 27.8. The summed E-state index contributed by atoms with van der Waals surface area (Å²) in [5.41, 5.74) is 0.171. The molecule has 8 nitrogen and oxygen atoms in total. The monoisotopic (exact) mass is 359 g/mol. The van der Waals surface area contributed by atoms with E-state index in [1.807, 2.05) is 0 Å².